The lowest BCUT2D eigenvalue weighted by Crippen LogP contribution is -2.08. The Bertz CT molecular complexity index is 463. The molecule has 2 aromatic heterocycles. The molecule has 0 saturated heterocycles. The van der Waals surface area contributed by atoms with Crippen molar-refractivity contribution in [3.05, 3.63) is 35.7 Å². The molecule has 2 heterocycles. The molecule has 1 N–H and O–H groups in total. The van der Waals surface area contributed by atoms with Gasteiger partial charge in [-0.05, 0) is 32.9 Å². The third-order valence-electron chi connectivity index (χ3n) is 2.17. The maximum Gasteiger partial charge on any atom is 0.216 e. The molecule has 84 valence electrons. The van der Waals surface area contributed by atoms with Gasteiger partial charge in [-0.25, -0.2) is 4.98 Å². The molecule has 1 unspecified atom stereocenters. The van der Waals surface area contributed by atoms with E-state index in [0.29, 0.717) is 11.7 Å². The number of aromatic nitrogens is 3. The molecule has 0 aliphatic carbocycles. The zero-order valence-corrected chi connectivity index (χ0v) is 9.56. The van der Waals surface area contributed by atoms with E-state index in [0.717, 1.165) is 11.5 Å². The van der Waals surface area contributed by atoms with Gasteiger partial charge in [-0.1, -0.05) is 0 Å². The van der Waals surface area contributed by atoms with Crippen molar-refractivity contribution < 1.29 is 4.42 Å². The van der Waals surface area contributed by atoms with Crippen molar-refractivity contribution in [2.75, 3.05) is 5.32 Å². The average molecular weight is 218 g/mol. The molecule has 0 bridgehead atoms. The van der Waals surface area contributed by atoms with E-state index in [4.69, 9.17) is 4.42 Å². The Labute approximate surface area is 93.9 Å². The predicted molar refractivity (Wildman–Crippen MR) is 60.0 cm³/mol. The Morgan fingerprint density at radius 3 is 2.62 bits per heavy atom. The molecule has 2 aromatic rings. The van der Waals surface area contributed by atoms with Gasteiger partial charge in [-0.2, -0.15) is 5.10 Å². The van der Waals surface area contributed by atoms with E-state index in [1.807, 2.05) is 32.9 Å². The van der Waals surface area contributed by atoms with Crippen molar-refractivity contribution in [3.8, 4) is 0 Å². The Kier molecular flexibility index (Phi) is 2.85. The highest BCUT2D eigenvalue weighted by Gasteiger charge is 2.11. The zero-order chi connectivity index (χ0) is 11.5. The SMILES string of the molecule is Cc1ccc(NC(C)c2ncc(C)o2)nn1. The van der Waals surface area contributed by atoms with Gasteiger partial charge >= 0.3 is 0 Å². The number of nitrogens with one attached hydrogen (secondary N) is 1. The van der Waals surface area contributed by atoms with Gasteiger partial charge < -0.3 is 9.73 Å². The summed E-state index contributed by atoms with van der Waals surface area (Å²) in [6, 6.07) is 3.77. The number of aryl methyl sites for hydroxylation is 2. The van der Waals surface area contributed by atoms with Crippen LogP contribution in [0.5, 0.6) is 0 Å². The molecule has 0 aliphatic rings. The second-order valence-electron chi connectivity index (χ2n) is 3.74. The molecule has 0 aromatic carbocycles. The van der Waals surface area contributed by atoms with Crippen LogP contribution in [0.3, 0.4) is 0 Å². The molecule has 16 heavy (non-hydrogen) atoms. The molecule has 0 fully saturated rings. The standard InChI is InChI=1S/C11H14N4O/c1-7-4-5-10(15-14-7)13-9(3)11-12-6-8(2)16-11/h4-6,9H,1-3H3,(H,13,15). The quantitative estimate of drug-likeness (QED) is 0.856. The lowest BCUT2D eigenvalue weighted by molar-refractivity contribution is 0.453. The molecular weight excluding hydrogens is 204 g/mol. The number of rotatable bonds is 3. The Balaban J connectivity index is 2.07. The van der Waals surface area contributed by atoms with Gasteiger partial charge in [-0.15, -0.1) is 5.10 Å². The van der Waals surface area contributed by atoms with Crippen LogP contribution in [0.25, 0.3) is 0 Å². The Morgan fingerprint density at radius 1 is 1.25 bits per heavy atom. The van der Waals surface area contributed by atoms with Crippen LogP contribution in [-0.4, -0.2) is 15.2 Å². The van der Waals surface area contributed by atoms with Crippen LogP contribution in [-0.2, 0) is 0 Å². The van der Waals surface area contributed by atoms with Crippen LogP contribution in [0.4, 0.5) is 5.82 Å². The summed E-state index contributed by atoms with van der Waals surface area (Å²) < 4.78 is 5.42. The van der Waals surface area contributed by atoms with Gasteiger partial charge in [-0.3, -0.25) is 0 Å². The van der Waals surface area contributed by atoms with E-state index in [9.17, 15) is 0 Å². The lowest BCUT2D eigenvalue weighted by Gasteiger charge is -2.10. The summed E-state index contributed by atoms with van der Waals surface area (Å²) in [4.78, 5) is 4.15. The van der Waals surface area contributed by atoms with Crippen molar-refractivity contribution in [2.24, 2.45) is 0 Å². The van der Waals surface area contributed by atoms with Crippen LogP contribution < -0.4 is 5.32 Å². The van der Waals surface area contributed by atoms with Gasteiger partial charge in [0.1, 0.15) is 17.6 Å². The number of oxazole rings is 1. The molecular formula is C11H14N4O. The predicted octanol–water partition coefficient (Wildman–Crippen LogP) is 2.25. The lowest BCUT2D eigenvalue weighted by atomic mass is 10.3. The average Bonchev–Trinajstić information content (AvgIpc) is 2.68. The summed E-state index contributed by atoms with van der Waals surface area (Å²) in [5, 5.41) is 11.2. The van der Waals surface area contributed by atoms with E-state index in [1.165, 1.54) is 0 Å². The topological polar surface area (TPSA) is 63.8 Å². The van der Waals surface area contributed by atoms with Crippen molar-refractivity contribution in [1.29, 1.82) is 0 Å². The molecule has 5 heteroatoms. The second-order valence-corrected chi connectivity index (χ2v) is 3.74. The van der Waals surface area contributed by atoms with Crippen molar-refractivity contribution >= 4 is 5.82 Å². The number of nitrogens with zero attached hydrogens (tertiary/aromatic N) is 3. The first-order chi connectivity index (χ1) is 7.65. The van der Waals surface area contributed by atoms with E-state index in [1.54, 1.807) is 6.20 Å². The third-order valence-corrected chi connectivity index (χ3v) is 2.17. The maximum absolute atomic E-state index is 5.42. The zero-order valence-electron chi connectivity index (χ0n) is 9.56. The van der Waals surface area contributed by atoms with E-state index in [2.05, 4.69) is 20.5 Å². The highest BCUT2D eigenvalue weighted by molar-refractivity contribution is 5.34. The Morgan fingerprint density at radius 2 is 2.06 bits per heavy atom. The first kappa shape index (κ1) is 10.6. The normalized spacial score (nSPS) is 12.4. The van der Waals surface area contributed by atoms with Gasteiger partial charge in [0, 0.05) is 0 Å². The molecule has 0 spiro atoms. The summed E-state index contributed by atoms with van der Waals surface area (Å²) in [6.45, 7) is 5.74. The fraction of sp³-hybridized carbons (Fsp3) is 0.364. The van der Waals surface area contributed by atoms with Gasteiger partial charge in [0.2, 0.25) is 5.89 Å². The minimum atomic E-state index is -0.0225. The van der Waals surface area contributed by atoms with Crippen molar-refractivity contribution in [1.82, 2.24) is 15.2 Å². The second kappa shape index (κ2) is 4.30. The van der Waals surface area contributed by atoms with Crippen LogP contribution >= 0.6 is 0 Å². The Hall–Kier alpha value is -1.91. The molecule has 0 radical (unpaired) electrons. The van der Waals surface area contributed by atoms with Gasteiger partial charge in [0.15, 0.2) is 0 Å². The fourth-order valence-electron chi connectivity index (χ4n) is 1.33. The van der Waals surface area contributed by atoms with Crippen molar-refractivity contribution in [3.63, 3.8) is 0 Å². The summed E-state index contributed by atoms with van der Waals surface area (Å²) in [7, 11) is 0. The molecule has 1 atom stereocenters. The van der Waals surface area contributed by atoms with Crippen molar-refractivity contribution in [2.45, 2.75) is 26.8 Å². The molecule has 0 amide bonds. The summed E-state index contributed by atoms with van der Waals surface area (Å²) in [5.41, 5.74) is 0.894. The molecule has 0 saturated carbocycles. The summed E-state index contributed by atoms with van der Waals surface area (Å²) in [6.07, 6.45) is 1.70. The third kappa shape index (κ3) is 2.36. The molecule has 0 aliphatic heterocycles. The van der Waals surface area contributed by atoms with Crippen LogP contribution in [0.2, 0.25) is 0 Å². The summed E-state index contributed by atoms with van der Waals surface area (Å²) in [5.74, 6) is 2.17. The van der Waals surface area contributed by atoms with Crippen LogP contribution in [0, 0.1) is 13.8 Å². The van der Waals surface area contributed by atoms with E-state index in [-0.39, 0.29) is 6.04 Å². The van der Waals surface area contributed by atoms with Gasteiger partial charge in [0.25, 0.3) is 0 Å². The van der Waals surface area contributed by atoms with Crippen LogP contribution in [0.15, 0.2) is 22.7 Å². The first-order valence-electron chi connectivity index (χ1n) is 5.14. The first-order valence-corrected chi connectivity index (χ1v) is 5.14. The molecule has 2 rings (SSSR count). The minimum Gasteiger partial charge on any atom is -0.444 e. The van der Waals surface area contributed by atoms with E-state index >= 15 is 0 Å². The monoisotopic (exact) mass is 218 g/mol. The minimum absolute atomic E-state index is 0.0225. The van der Waals surface area contributed by atoms with Gasteiger partial charge in [0.05, 0.1) is 11.9 Å². The largest absolute Gasteiger partial charge is 0.444 e. The fourth-order valence-corrected chi connectivity index (χ4v) is 1.33. The maximum atomic E-state index is 5.42. The van der Waals surface area contributed by atoms with Crippen LogP contribution in [0.1, 0.15) is 30.3 Å². The number of hydrogen-bond acceptors (Lipinski definition) is 5. The number of anilines is 1. The highest BCUT2D eigenvalue weighted by Crippen LogP contribution is 2.16. The van der Waals surface area contributed by atoms with E-state index < -0.39 is 0 Å². The molecule has 5 nitrogen and oxygen atoms in total. The smallest absolute Gasteiger partial charge is 0.216 e. The number of hydrogen-bond donors (Lipinski definition) is 1. The summed E-state index contributed by atoms with van der Waals surface area (Å²) >= 11 is 0. The highest BCUT2D eigenvalue weighted by atomic mass is 16.4.